The number of hydrogen-bond acceptors (Lipinski definition) is 4. The van der Waals surface area contributed by atoms with Crippen molar-refractivity contribution in [2.75, 3.05) is 20.8 Å². The molecule has 0 spiro atoms. The number of benzene rings is 1. The second-order valence-electron chi connectivity index (χ2n) is 5.16. The molecule has 1 amide bonds. The number of hydrogen-bond donors (Lipinski definition) is 0. The fourth-order valence-electron chi connectivity index (χ4n) is 2.60. The molecule has 0 saturated carbocycles. The number of rotatable bonds is 3. The molecular weight excluding hydrogens is 270 g/mol. The molecule has 112 valence electrons. The highest BCUT2D eigenvalue weighted by Crippen LogP contribution is 2.26. The lowest BCUT2D eigenvalue weighted by Gasteiger charge is -2.24. The van der Waals surface area contributed by atoms with Gasteiger partial charge in [0.15, 0.2) is 0 Å². The van der Waals surface area contributed by atoms with Crippen LogP contribution in [0.2, 0.25) is 0 Å². The van der Waals surface area contributed by atoms with Crippen LogP contribution in [-0.4, -0.2) is 41.3 Å². The first-order valence-electron chi connectivity index (χ1n) is 7.11. The number of ether oxygens (including phenoxy) is 1. The summed E-state index contributed by atoms with van der Waals surface area (Å²) in [5.74, 6) is -0.192. The van der Waals surface area contributed by atoms with Gasteiger partial charge in [-0.05, 0) is 37.5 Å². The van der Waals surface area contributed by atoms with Crippen molar-refractivity contribution in [1.29, 1.82) is 0 Å². The molecule has 2 heterocycles. The Hall–Kier alpha value is -1.92. The van der Waals surface area contributed by atoms with Crippen molar-refractivity contribution in [2.24, 2.45) is 0 Å². The zero-order valence-electron chi connectivity index (χ0n) is 12.3. The van der Waals surface area contributed by atoms with Gasteiger partial charge in [-0.1, -0.05) is 0 Å². The minimum Gasteiger partial charge on any atom is -0.358 e. The normalized spacial score (nSPS) is 18.9. The molecule has 6 heteroatoms. The van der Waals surface area contributed by atoms with Gasteiger partial charge < -0.3 is 9.30 Å². The van der Waals surface area contributed by atoms with Crippen LogP contribution in [0.4, 0.5) is 0 Å². The van der Waals surface area contributed by atoms with Gasteiger partial charge in [-0.25, -0.2) is 10.0 Å². The van der Waals surface area contributed by atoms with Crippen molar-refractivity contribution in [2.45, 2.75) is 25.5 Å². The smallest absolute Gasteiger partial charge is 0.277 e. The molecule has 1 aliphatic heterocycles. The molecule has 0 radical (unpaired) electrons. The van der Waals surface area contributed by atoms with Crippen molar-refractivity contribution in [3.8, 4) is 0 Å². The van der Waals surface area contributed by atoms with E-state index in [-0.39, 0.29) is 12.1 Å². The Morgan fingerprint density at radius 3 is 3.05 bits per heavy atom. The molecule has 2 aromatic rings. The SMILES string of the molecule is CON(C)C(=O)c1ccc2c(c1)ncn2C1CCCCO1. The van der Waals surface area contributed by atoms with Gasteiger partial charge in [-0.15, -0.1) is 0 Å². The second-order valence-corrected chi connectivity index (χ2v) is 5.16. The molecule has 1 aliphatic rings. The first-order chi connectivity index (χ1) is 10.2. The Bertz CT molecular complexity index is 647. The molecule has 6 nitrogen and oxygen atoms in total. The van der Waals surface area contributed by atoms with Crippen molar-refractivity contribution in [3.05, 3.63) is 30.1 Å². The maximum atomic E-state index is 12.1. The molecular formula is C15H19N3O3. The minimum atomic E-state index is -0.192. The van der Waals surface area contributed by atoms with Crippen LogP contribution < -0.4 is 0 Å². The van der Waals surface area contributed by atoms with E-state index in [0.29, 0.717) is 5.56 Å². The predicted octanol–water partition coefficient (Wildman–Crippen LogP) is 2.37. The van der Waals surface area contributed by atoms with Crippen LogP contribution in [0.1, 0.15) is 35.8 Å². The molecule has 21 heavy (non-hydrogen) atoms. The van der Waals surface area contributed by atoms with E-state index in [9.17, 15) is 4.79 Å². The molecule has 1 aromatic heterocycles. The molecule has 0 N–H and O–H groups in total. The van der Waals surface area contributed by atoms with E-state index >= 15 is 0 Å². The van der Waals surface area contributed by atoms with Crippen LogP contribution >= 0.6 is 0 Å². The van der Waals surface area contributed by atoms with Gasteiger partial charge >= 0.3 is 0 Å². The first-order valence-corrected chi connectivity index (χ1v) is 7.11. The monoisotopic (exact) mass is 289 g/mol. The fraction of sp³-hybridized carbons (Fsp3) is 0.467. The van der Waals surface area contributed by atoms with Crippen LogP contribution in [0.5, 0.6) is 0 Å². The number of carbonyl (C=O) groups is 1. The summed E-state index contributed by atoms with van der Waals surface area (Å²) in [6.45, 7) is 0.791. The van der Waals surface area contributed by atoms with E-state index in [0.717, 1.165) is 30.5 Å². The summed E-state index contributed by atoms with van der Waals surface area (Å²) in [5, 5.41) is 1.20. The van der Waals surface area contributed by atoms with Crippen LogP contribution in [0.25, 0.3) is 11.0 Å². The van der Waals surface area contributed by atoms with E-state index in [1.54, 1.807) is 25.5 Å². The van der Waals surface area contributed by atoms with Gasteiger partial charge in [0.25, 0.3) is 5.91 Å². The molecule has 3 rings (SSSR count). The maximum Gasteiger partial charge on any atom is 0.277 e. The molecule has 1 atom stereocenters. The Balaban J connectivity index is 1.92. The van der Waals surface area contributed by atoms with E-state index in [2.05, 4.69) is 4.98 Å². The molecule has 1 unspecified atom stereocenters. The van der Waals surface area contributed by atoms with Gasteiger partial charge in [-0.2, -0.15) is 0 Å². The highest BCUT2D eigenvalue weighted by molar-refractivity contribution is 5.96. The lowest BCUT2D eigenvalue weighted by Crippen LogP contribution is -2.25. The topological polar surface area (TPSA) is 56.6 Å². The lowest BCUT2D eigenvalue weighted by molar-refractivity contribution is -0.0756. The Labute approximate surface area is 123 Å². The maximum absolute atomic E-state index is 12.1. The number of fused-ring (bicyclic) bond motifs is 1. The van der Waals surface area contributed by atoms with Crippen molar-refractivity contribution >= 4 is 16.9 Å². The molecule has 1 aromatic carbocycles. The predicted molar refractivity (Wildman–Crippen MR) is 77.7 cm³/mol. The Morgan fingerprint density at radius 1 is 1.48 bits per heavy atom. The first kappa shape index (κ1) is 14.0. The van der Waals surface area contributed by atoms with E-state index < -0.39 is 0 Å². The second kappa shape index (κ2) is 5.83. The standard InChI is InChI=1S/C15H19N3O3/c1-17(20-2)15(19)11-6-7-13-12(9-11)16-10-18(13)14-5-3-4-8-21-14/h6-7,9-10,14H,3-5,8H2,1-2H3. The van der Waals surface area contributed by atoms with E-state index in [1.807, 2.05) is 10.6 Å². The van der Waals surface area contributed by atoms with Crippen molar-refractivity contribution < 1.29 is 14.4 Å². The number of amides is 1. The molecule has 1 saturated heterocycles. The van der Waals surface area contributed by atoms with Crippen LogP contribution in [-0.2, 0) is 9.57 Å². The summed E-state index contributed by atoms with van der Waals surface area (Å²) in [4.78, 5) is 21.4. The van der Waals surface area contributed by atoms with Crippen LogP contribution in [0, 0.1) is 0 Å². The highest BCUT2D eigenvalue weighted by atomic mass is 16.7. The zero-order chi connectivity index (χ0) is 14.8. The number of aromatic nitrogens is 2. The number of imidazole rings is 1. The van der Waals surface area contributed by atoms with Gasteiger partial charge in [0.1, 0.15) is 6.23 Å². The summed E-state index contributed by atoms with van der Waals surface area (Å²) in [6.07, 6.45) is 5.12. The van der Waals surface area contributed by atoms with Crippen molar-refractivity contribution in [1.82, 2.24) is 14.6 Å². The molecule has 0 aliphatic carbocycles. The lowest BCUT2D eigenvalue weighted by atomic mass is 10.1. The fourth-order valence-corrected chi connectivity index (χ4v) is 2.60. The average molecular weight is 289 g/mol. The van der Waals surface area contributed by atoms with E-state index in [1.165, 1.54) is 18.6 Å². The Kier molecular flexibility index (Phi) is 3.90. The third-order valence-electron chi connectivity index (χ3n) is 3.85. The van der Waals surface area contributed by atoms with Crippen LogP contribution in [0.15, 0.2) is 24.5 Å². The molecule has 0 bridgehead atoms. The van der Waals surface area contributed by atoms with Gasteiger partial charge in [0, 0.05) is 19.2 Å². The third-order valence-corrected chi connectivity index (χ3v) is 3.85. The minimum absolute atomic E-state index is 0.0481. The van der Waals surface area contributed by atoms with Crippen molar-refractivity contribution in [3.63, 3.8) is 0 Å². The summed E-state index contributed by atoms with van der Waals surface area (Å²) in [5.41, 5.74) is 2.33. The summed E-state index contributed by atoms with van der Waals surface area (Å²) in [7, 11) is 3.05. The van der Waals surface area contributed by atoms with Gasteiger partial charge in [-0.3, -0.25) is 9.63 Å². The average Bonchev–Trinajstić information content (AvgIpc) is 2.97. The third kappa shape index (κ3) is 2.64. The largest absolute Gasteiger partial charge is 0.358 e. The van der Waals surface area contributed by atoms with Gasteiger partial charge in [0.05, 0.1) is 24.5 Å². The summed E-state index contributed by atoms with van der Waals surface area (Å²) in [6, 6.07) is 5.49. The Morgan fingerprint density at radius 2 is 2.33 bits per heavy atom. The molecule has 1 fully saturated rings. The van der Waals surface area contributed by atoms with E-state index in [4.69, 9.17) is 9.57 Å². The van der Waals surface area contributed by atoms with Crippen LogP contribution in [0.3, 0.4) is 0 Å². The number of hydroxylamine groups is 2. The summed E-state index contributed by atoms with van der Waals surface area (Å²) < 4.78 is 7.84. The number of carbonyl (C=O) groups excluding carboxylic acids is 1. The van der Waals surface area contributed by atoms with Gasteiger partial charge in [0.2, 0.25) is 0 Å². The zero-order valence-corrected chi connectivity index (χ0v) is 12.3. The highest BCUT2D eigenvalue weighted by Gasteiger charge is 2.19. The number of nitrogens with zero attached hydrogens (tertiary/aromatic N) is 3. The summed E-state index contributed by atoms with van der Waals surface area (Å²) >= 11 is 0. The quantitative estimate of drug-likeness (QED) is 0.814.